The van der Waals surface area contributed by atoms with Crippen molar-refractivity contribution < 1.29 is 4.79 Å². The monoisotopic (exact) mass is 328 g/mol. The first-order valence-electron chi connectivity index (χ1n) is 5.97. The molecule has 1 aromatic carbocycles. The second-order valence-corrected chi connectivity index (χ2v) is 7.46. The first-order chi connectivity index (χ1) is 8.48. The van der Waals surface area contributed by atoms with Crippen LogP contribution in [-0.4, -0.2) is 23.0 Å². The molecule has 1 atom stereocenters. The van der Waals surface area contributed by atoms with E-state index < -0.39 is 0 Å². The summed E-state index contributed by atoms with van der Waals surface area (Å²) in [4.78, 5) is 12.1. The lowest BCUT2D eigenvalue weighted by Gasteiger charge is -2.22. The Kier molecular flexibility index (Phi) is 4.22. The van der Waals surface area contributed by atoms with Crippen molar-refractivity contribution in [1.82, 2.24) is 5.32 Å². The van der Waals surface area contributed by atoms with Gasteiger partial charge in [-0.25, -0.2) is 0 Å². The molecule has 98 valence electrons. The van der Waals surface area contributed by atoms with Crippen LogP contribution in [0.2, 0.25) is 0 Å². The summed E-state index contributed by atoms with van der Waals surface area (Å²) in [6.07, 6.45) is 2.40. The maximum atomic E-state index is 12.1. The summed E-state index contributed by atoms with van der Waals surface area (Å²) < 4.78 is 1.02. The normalized spacial score (nSPS) is 23.0. The number of anilines is 1. The van der Waals surface area contributed by atoms with Crippen LogP contribution in [0.25, 0.3) is 0 Å². The second kappa shape index (κ2) is 5.53. The van der Waals surface area contributed by atoms with Crippen molar-refractivity contribution in [3.63, 3.8) is 0 Å². The molecule has 1 amide bonds. The van der Waals surface area contributed by atoms with Gasteiger partial charge in [-0.2, -0.15) is 11.8 Å². The van der Waals surface area contributed by atoms with Crippen LogP contribution in [0.1, 0.15) is 30.1 Å². The fourth-order valence-electron chi connectivity index (χ4n) is 2.09. The van der Waals surface area contributed by atoms with E-state index in [1.165, 1.54) is 18.6 Å². The number of amides is 1. The zero-order chi connectivity index (χ0) is 13.2. The van der Waals surface area contributed by atoms with Gasteiger partial charge in [-0.3, -0.25) is 4.79 Å². The first kappa shape index (κ1) is 13.7. The Morgan fingerprint density at radius 2 is 2.33 bits per heavy atom. The number of hydrogen-bond donors (Lipinski definition) is 2. The minimum atomic E-state index is -0.0586. The molecule has 1 heterocycles. The number of carbonyl (C=O) groups is 1. The number of halogens is 1. The maximum Gasteiger partial charge on any atom is 0.251 e. The smallest absolute Gasteiger partial charge is 0.251 e. The summed E-state index contributed by atoms with van der Waals surface area (Å²) in [6.45, 7) is 2.92. The zero-order valence-electron chi connectivity index (χ0n) is 10.3. The van der Waals surface area contributed by atoms with E-state index in [1.807, 2.05) is 11.8 Å². The Morgan fingerprint density at radius 3 is 2.94 bits per heavy atom. The van der Waals surface area contributed by atoms with Crippen LogP contribution >= 0.6 is 27.7 Å². The van der Waals surface area contributed by atoms with Gasteiger partial charge in [-0.1, -0.05) is 15.9 Å². The SMILES string of the molecule is CC1(CNC(=O)c2cc(N)cc(Br)c2)CCCS1. The second-order valence-electron chi connectivity index (χ2n) is 4.86. The molecule has 18 heavy (non-hydrogen) atoms. The van der Waals surface area contributed by atoms with Crippen molar-refractivity contribution in [1.29, 1.82) is 0 Å². The Hall–Kier alpha value is -0.680. The standard InChI is InChI=1S/C13H17BrN2OS/c1-13(3-2-4-18-13)8-16-12(17)9-5-10(14)7-11(15)6-9/h5-7H,2-4,8,15H2,1H3,(H,16,17). The van der Waals surface area contributed by atoms with Crippen LogP contribution in [0.5, 0.6) is 0 Å². The van der Waals surface area contributed by atoms with Crippen molar-refractivity contribution in [3.05, 3.63) is 28.2 Å². The highest BCUT2D eigenvalue weighted by molar-refractivity contribution is 9.10. The fourth-order valence-corrected chi connectivity index (χ4v) is 3.84. The number of benzene rings is 1. The highest BCUT2D eigenvalue weighted by atomic mass is 79.9. The Bertz CT molecular complexity index is 438. The van der Waals surface area contributed by atoms with Crippen molar-refractivity contribution in [3.8, 4) is 0 Å². The van der Waals surface area contributed by atoms with Crippen LogP contribution in [0.15, 0.2) is 22.7 Å². The third kappa shape index (κ3) is 3.42. The first-order valence-corrected chi connectivity index (χ1v) is 7.75. The Balaban J connectivity index is 1.99. The average Bonchev–Trinajstić information content (AvgIpc) is 2.72. The molecular formula is C13H17BrN2OS. The van der Waals surface area contributed by atoms with E-state index in [1.54, 1.807) is 18.2 Å². The average molecular weight is 329 g/mol. The largest absolute Gasteiger partial charge is 0.399 e. The van der Waals surface area contributed by atoms with E-state index in [4.69, 9.17) is 5.73 Å². The highest BCUT2D eigenvalue weighted by Crippen LogP contribution is 2.37. The molecule has 1 aromatic rings. The van der Waals surface area contributed by atoms with E-state index in [0.29, 0.717) is 17.8 Å². The van der Waals surface area contributed by atoms with Gasteiger partial charge in [0, 0.05) is 27.0 Å². The quantitative estimate of drug-likeness (QED) is 0.838. The Labute approximate surface area is 120 Å². The molecule has 2 rings (SSSR count). The topological polar surface area (TPSA) is 55.1 Å². The van der Waals surface area contributed by atoms with Gasteiger partial charge in [-0.15, -0.1) is 0 Å². The van der Waals surface area contributed by atoms with E-state index in [0.717, 1.165) is 4.47 Å². The number of rotatable bonds is 3. The number of hydrogen-bond acceptors (Lipinski definition) is 3. The van der Waals surface area contributed by atoms with E-state index >= 15 is 0 Å². The van der Waals surface area contributed by atoms with Gasteiger partial charge in [-0.05, 0) is 43.7 Å². The van der Waals surface area contributed by atoms with Crippen molar-refractivity contribution in [2.24, 2.45) is 0 Å². The van der Waals surface area contributed by atoms with Gasteiger partial charge in [0.15, 0.2) is 0 Å². The maximum absolute atomic E-state index is 12.1. The van der Waals surface area contributed by atoms with Crippen LogP contribution < -0.4 is 11.1 Å². The number of nitrogen functional groups attached to an aromatic ring is 1. The van der Waals surface area contributed by atoms with Gasteiger partial charge >= 0.3 is 0 Å². The van der Waals surface area contributed by atoms with E-state index in [2.05, 4.69) is 28.2 Å². The molecule has 0 bridgehead atoms. The number of nitrogens with one attached hydrogen (secondary N) is 1. The van der Waals surface area contributed by atoms with E-state index in [-0.39, 0.29) is 10.7 Å². The molecule has 0 aliphatic carbocycles. The van der Waals surface area contributed by atoms with E-state index in [9.17, 15) is 4.79 Å². The van der Waals surface area contributed by atoms with Gasteiger partial charge in [0.2, 0.25) is 0 Å². The molecule has 1 fully saturated rings. The minimum Gasteiger partial charge on any atom is -0.399 e. The summed E-state index contributed by atoms with van der Waals surface area (Å²) in [7, 11) is 0. The van der Waals surface area contributed by atoms with Crippen LogP contribution in [0.4, 0.5) is 5.69 Å². The number of nitrogens with two attached hydrogens (primary N) is 1. The summed E-state index contributed by atoms with van der Waals surface area (Å²) in [5.74, 6) is 1.13. The fraction of sp³-hybridized carbons (Fsp3) is 0.462. The van der Waals surface area contributed by atoms with Crippen LogP contribution in [-0.2, 0) is 0 Å². The molecule has 0 aromatic heterocycles. The summed E-state index contributed by atoms with van der Waals surface area (Å²) in [5.41, 5.74) is 6.93. The summed E-state index contributed by atoms with van der Waals surface area (Å²) in [5, 5.41) is 3.00. The molecule has 0 saturated carbocycles. The van der Waals surface area contributed by atoms with Crippen LogP contribution in [0.3, 0.4) is 0 Å². The predicted octanol–water partition coefficient (Wildman–Crippen LogP) is 3.05. The number of thioether (sulfide) groups is 1. The molecule has 1 aliphatic rings. The lowest BCUT2D eigenvalue weighted by atomic mass is 10.1. The van der Waals surface area contributed by atoms with Gasteiger partial charge in [0.1, 0.15) is 0 Å². The molecule has 1 saturated heterocycles. The molecule has 1 unspecified atom stereocenters. The lowest BCUT2D eigenvalue weighted by Crippen LogP contribution is -2.36. The van der Waals surface area contributed by atoms with Gasteiger partial charge in [0.25, 0.3) is 5.91 Å². The summed E-state index contributed by atoms with van der Waals surface area (Å²) in [6, 6.07) is 5.27. The molecule has 0 radical (unpaired) electrons. The molecule has 5 heteroatoms. The zero-order valence-corrected chi connectivity index (χ0v) is 12.7. The molecule has 0 spiro atoms. The third-order valence-electron chi connectivity index (χ3n) is 3.11. The lowest BCUT2D eigenvalue weighted by molar-refractivity contribution is 0.0950. The Morgan fingerprint density at radius 1 is 1.56 bits per heavy atom. The van der Waals surface area contributed by atoms with Crippen molar-refractivity contribution >= 4 is 39.3 Å². The van der Waals surface area contributed by atoms with Gasteiger partial charge in [0.05, 0.1) is 0 Å². The van der Waals surface area contributed by atoms with Gasteiger partial charge < -0.3 is 11.1 Å². The molecule has 1 aliphatic heterocycles. The predicted molar refractivity (Wildman–Crippen MR) is 81.0 cm³/mol. The van der Waals surface area contributed by atoms with Crippen LogP contribution in [0, 0.1) is 0 Å². The molecular weight excluding hydrogens is 312 g/mol. The third-order valence-corrected chi connectivity index (χ3v) is 5.10. The van der Waals surface area contributed by atoms with Crippen molar-refractivity contribution in [2.75, 3.05) is 18.0 Å². The minimum absolute atomic E-state index is 0.0586. The van der Waals surface area contributed by atoms with Crippen molar-refractivity contribution in [2.45, 2.75) is 24.5 Å². The molecule has 3 N–H and O–H groups in total. The summed E-state index contributed by atoms with van der Waals surface area (Å²) >= 11 is 5.28. The number of carbonyl (C=O) groups excluding carboxylic acids is 1. The highest BCUT2D eigenvalue weighted by Gasteiger charge is 2.29. The molecule has 3 nitrogen and oxygen atoms in total.